The molecule has 2 aromatic carbocycles. The number of allylic oxidation sites excluding steroid dienone is 2. The van der Waals surface area contributed by atoms with Crippen LogP contribution in [0.5, 0.6) is 0 Å². The fourth-order valence-corrected chi connectivity index (χ4v) is 13.5. The van der Waals surface area contributed by atoms with Crippen molar-refractivity contribution in [3.05, 3.63) is 82.9 Å². The number of benzene rings is 2. The molecular formula is C24H30Si2. The molecule has 0 fully saturated rings. The van der Waals surface area contributed by atoms with E-state index in [-0.39, 0.29) is 0 Å². The summed E-state index contributed by atoms with van der Waals surface area (Å²) in [7, 11) is -2.81. The van der Waals surface area contributed by atoms with Crippen molar-refractivity contribution in [3.63, 3.8) is 0 Å². The summed E-state index contributed by atoms with van der Waals surface area (Å²) in [5, 5.41) is 3.41. The van der Waals surface area contributed by atoms with E-state index in [4.69, 9.17) is 0 Å². The van der Waals surface area contributed by atoms with Crippen LogP contribution in [0.4, 0.5) is 0 Å². The molecule has 0 unspecified atom stereocenters. The molecule has 0 amide bonds. The third-order valence-corrected chi connectivity index (χ3v) is 13.9. The average Bonchev–Trinajstić information content (AvgIpc) is 3.25. The molecule has 2 heteroatoms. The summed E-state index contributed by atoms with van der Waals surface area (Å²) >= 11 is 0. The van der Waals surface area contributed by atoms with Crippen LogP contribution >= 0.6 is 0 Å². The minimum Gasteiger partial charge on any atom is -0.0802 e. The molecule has 4 rings (SSSR count). The second kappa shape index (κ2) is 6.51. The van der Waals surface area contributed by atoms with E-state index in [1.165, 1.54) is 23.2 Å². The molecule has 0 bridgehead atoms. The van der Waals surface area contributed by atoms with Gasteiger partial charge in [-0.15, -0.1) is 0 Å². The van der Waals surface area contributed by atoms with Crippen LogP contribution < -0.4 is 0 Å². The van der Waals surface area contributed by atoms with Crippen molar-refractivity contribution in [1.29, 1.82) is 0 Å². The van der Waals surface area contributed by atoms with Gasteiger partial charge in [0.05, 0.1) is 16.1 Å². The second-order valence-electron chi connectivity index (χ2n) is 9.23. The molecule has 0 nitrogen and oxygen atoms in total. The number of rotatable bonds is 5. The molecule has 0 radical (unpaired) electrons. The van der Waals surface area contributed by atoms with Crippen LogP contribution in [-0.2, 0) is 12.8 Å². The predicted octanol–water partition coefficient (Wildman–Crippen LogP) is 6.76. The Morgan fingerprint density at radius 1 is 0.615 bits per heavy atom. The molecule has 0 N–H and O–H groups in total. The van der Waals surface area contributed by atoms with Crippen molar-refractivity contribution in [2.75, 3.05) is 0 Å². The molecule has 0 heterocycles. The molecular weight excluding hydrogens is 344 g/mol. The summed E-state index contributed by atoms with van der Waals surface area (Å²) in [6, 6.07) is 20.9. The Bertz CT molecular complexity index is 824. The van der Waals surface area contributed by atoms with Gasteiger partial charge in [-0.2, -0.15) is 0 Å². The molecule has 2 aliphatic rings. The van der Waals surface area contributed by atoms with E-state index in [1.54, 1.807) is 21.5 Å². The summed E-state index contributed by atoms with van der Waals surface area (Å²) in [6.45, 7) is 10.3. The van der Waals surface area contributed by atoms with Gasteiger partial charge in [-0.3, -0.25) is 0 Å². The molecule has 0 saturated carbocycles. The maximum absolute atomic E-state index is 2.59. The number of hydrogen-bond acceptors (Lipinski definition) is 0. The highest BCUT2D eigenvalue weighted by Gasteiger charge is 2.36. The van der Waals surface area contributed by atoms with Crippen molar-refractivity contribution < 1.29 is 0 Å². The molecule has 0 spiro atoms. The normalized spacial score (nSPS) is 16.2. The van der Waals surface area contributed by atoms with Crippen LogP contribution in [0.2, 0.25) is 38.3 Å². The van der Waals surface area contributed by atoms with Crippen LogP contribution in [0, 0.1) is 0 Å². The van der Waals surface area contributed by atoms with E-state index in [2.05, 4.69) is 86.9 Å². The van der Waals surface area contributed by atoms with Gasteiger partial charge in [0.2, 0.25) is 0 Å². The zero-order valence-corrected chi connectivity index (χ0v) is 18.6. The van der Waals surface area contributed by atoms with Crippen molar-refractivity contribution in [3.8, 4) is 0 Å². The van der Waals surface area contributed by atoms with E-state index in [1.807, 2.05) is 0 Å². The van der Waals surface area contributed by atoms with E-state index >= 15 is 0 Å². The SMILES string of the molecule is C[Si](C)(CC[Si](C)(C)C1=CCc2ccccc21)C1=CCc2ccccc21. The third kappa shape index (κ3) is 3.10. The number of hydrogen-bond donors (Lipinski definition) is 0. The zero-order chi connectivity index (χ0) is 18.4. The molecule has 0 aliphatic heterocycles. The Morgan fingerprint density at radius 2 is 1.00 bits per heavy atom. The highest BCUT2D eigenvalue weighted by Crippen LogP contribution is 2.41. The topological polar surface area (TPSA) is 0 Å². The number of fused-ring (bicyclic) bond motifs is 2. The van der Waals surface area contributed by atoms with Gasteiger partial charge in [0.25, 0.3) is 0 Å². The zero-order valence-electron chi connectivity index (χ0n) is 16.6. The fraction of sp³-hybridized carbons (Fsp3) is 0.333. The average molecular weight is 375 g/mol. The summed E-state index contributed by atoms with van der Waals surface area (Å²) < 4.78 is 0. The molecule has 134 valence electrons. The first-order chi connectivity index (χ1) is 12.4. The third-order valence-electron chi connectivity index (χ3n) is 6.50. The van der Waals surface area contributed by atoms with Crippen LogP contribution in [-0.4, -0.2) is 16.1 Å². The Labute approximate surface area is 160 Å². The highest BCUT2D eigenvalue weighted by atomic mass is 28.3. The minimum atomic E-state index is -1.41. The molecule has 2 aliphatic carbocycles. The standard InChI is InChI=1S/C24H30Si2/c1-25(2,23-15-13-19-9-5-7-11-21(19)23)17-18-26(3,4)24-16-14-20-10-6-8-12-22(20)24/h5-12,15-16H,13-14,17-18H2,1-4H3. The summed E-state index contributed by atoms with van der Waals surface area (Å²) in [5.41, 5.74) is 6.17. The summed E-state index contributed by atoms with van der Waals surface area (Å²) in [6.07, 6.45) is 7.35. The Morgan fingerprint density at radius 3 is 1.42 bits per heavy atom. The molecule has 0 saturated heterocycles. The molecule has 26 heavy (non-hydrogen) atoms. The lowest BCUT2D eigenvalue weighted by Gasteiger charge is -2.31. The van der Waals surface area contributed by atoms with Crippen LogP contribution in [0.15, 0.2) is 60.7 Å². The lowest BCUT2D eigenvalue weighted by atomic mass is 10.1. The Balaban J connectivity index is 1.52. The first kappa shape index (κ1) is 17.8. The Kier molecular flexibility index (Phi) is 4.44. The molecule has 0 atom stereocenters. The maximum atomic E-state index is 2.59. The smallest absolute Gasteiger partial charge is 0.0802 e. The lowest BCUT2D eigenvalue weighted by Crippen LogP contribution is -2.34. The quantitative estimate of drug-likeness (QED) is 0.507. The monoisotopic (exact) mass is 374 g/mol. The first-order valence-corrected chi connectivity index (χ1v) is 16.4. The van der Waals surface area contributed by atoms with Crippen molar-refractivity contribution in [2.45, 2.75) is 51.1 Å². The van der Waals surface area contributed by atoms with Crippen LogP contribution in [0.1, 0.15) is 22.3 Å². The summed E-state index contributed by atoms with van der Waals surface area (Å²) in [5.74, 6) is 0. The van der Waals surface area contributed by atoms with Gasteiger partial charge < -0.3 is 0 Å². The predicted molar refractivity (Wildman–Crippen MR) is 121 cm³/mol. The van der Waals surface area contributed by atoms with Gasteiger partial charge in [-0.1, -0.05) is 109 Å². The lowest BCUT2D eigenvalue weighted by molar-refractivity contribution is 1.30. The summed E-state index contributed by atoms with van der Waals surface area (Å²) in [4.78, 5) is 0. The van der Waals surface area contributed by atoms with Gasteiger partial charge in [0.15, 0.2) is 0 Å². The van der Waals surface area contributed by atoms with E-state index in [9.17, 15) is 0 Å². The molecule has 2 aromatic rings. The van der Waals surface area contributed by atoms with Gasteiger partial charge in [0.1, 0.15) is 0 Å². The maximum Gasteiger partial charge on any atom is 0.0807 e. The van der Waals surface area contributed by atoms with Crippen molar-refractivity contribution in [1.82, 2.24) is 0 Å². The molecule has 0 aromatic heterocycles. The van der Waals surface area contributed by atoms with Gasteiger partial charge in [-0.05, 0) is 35.1 Å². The second-order valence-corrected chi connectivity index (χ2v) is 18.8. The van der Waals surface area contributed by atoms with Gasteiger partial charge >= 0.3 is 0 Å². The Hall–Kier alpha value is -1.65. The van der Waals surface area contributed by atoms with Crippen molar-refractivity contribution in [2.24, 2.45) is 0 Å². The van der Waals surface area contributed by atoms with Crippen molar-refractivity contribution >= 4 is 26.5 Å². The fourth-order valence-electron chi connectivity index (χ4n) is 4.74. The van der Waals surface area contributed by atoms with Gasteiger partial charge in [-0.25, -0.2) is 0 Å². The van der Waals surface area contributed by atoms with E-state index < -0.39 is 16.1 Å². The van der Waals surface area contributed by atoms with Crippen LogP contribution in [0.3, 0.4) is 0 Å². The largest absolute Gasteiger partial charge is 0.0807 e. The minimum absolute atomic E-state index is 1.14. The first-order valence-electron chi connectivity index (χ1n) is 9.96. The highest BCUT2D eigenvalue weighted by molar-refractivity contribution is 6.99. The van der Waals surface area contributed by atoms with E-state index in [0.717, 1.165) is 12.8 Å². The van der Waals surface area contributed by atoms with Crippen LogP contribution in [0.25, 0.3) is 10.4 Å². The van der Waals surface area contributed by atoms with E-state index in [0.29, 0.717) is 0 Å². The van der Waals surface area contributed by atoms with Gasteiger partial charge in [0, 0.05) is 0 Å².